The van der Waals surface area contributed by atoms with Crippen molar-refractivity contribution in [1.29, 1.82) is 0 Å². The molecular weight excluding hydrogens is 374 g/mol. The monoisotopic (exact) mass is 395 g/mol. The number of ether oxygens (including phenoxy) is 2. The van der Waals surface area contributed by atoms with Crippen LogP contribution >= 0.6 is 11.3 Å². The van der Waals surface area contributed by atoms with Gasteiger partial charge in [0, 0.05) is 16.8 Å². The fourth-order valence-electron chi connectivity index (χ4n) is 3.33. The molecule has 144 valence electrons. The molecule has 7 nitrogen and oxygen atoms in total. The van der Waals surface area contributed by atoms with E-state index in [2.05, 4.69) is 17.1 Å². The average Bonchev–Trinajstić information content (AvgIpc) is 3.19. The molecule has 2 N–H and O–H groups in total. The first-order chi connectivity index (χ1) is 13.6. The van der Waals surface area contributed by atoms with Crippen LogP contribution in [0, 0.1) is 0 Å². The molecule has 3 aromatic rings. The zero-order valence-electron chi connectivity index (χ0n) is 15.9. The largest absolute Gasteiger partial charge is 0.493 e. The van der Waals surface area contributed by atoms with Crippen LogP contribution in [-0.4, -0.2) is 36.2 Å². The lowest BCUT2D eigenvalue weighted by molar-refractivity contribution is 0.354. The first-order valence-electron chi connectivity index (χ1n) is 8.86. The maximum absolute atomic E-state index is 5.89. The zero-order chi connectivity index (χ0) is 19.7. The van der Waals surface area contributed by atoms with Gasteiger partial charge in [-0.2, -0.15) is 5.10 Å². The number of nitrogens with two attached hydrogens (primary N) is 1. The van der Waals surface area contributed by atoms with Crippen molar-refractivity contribution < 1.29 is 9.47 Å². The quantitative estimate of drug-likeness (QED) is 0.682. The van der Waals surface area contributed by atoms with Crippen LogP contribution < -0.4 is 20.2 Å². The lowest BCUT2D eigenvalue weighted by Crippen LogP contribution is -2.29. The number of nitrogens with zero attached hydrogens (tertiary/aromatic N) is 4. The Labute approximate surface area is 167 Å². The fraction of sp³-hybridized carbons (Fsp3) is 0.250. The highest BCUT2D eigenvalue weighted by molar-refractivity contribution is 7.13. The van der Waals surface area contributed by atoms with Gasteiger partial charge in [-0.15, -0.1) is 10.2 Å². The van der Waals surface area contributed by atoms with E-state index >= 15 is 0 Å². The highest BCUT2D eigenvalue weighted by Crippen LogP contribution is 2.35. The smallest absolute Gasteiger partial charge is 0.228 e. The second-order valence-electron chi connectivity index (χ2n) is 6.55. The molecule has 0 saturated heterocycles. The molecule has 0 spiro atoms. The van der Waals surface area contributed by atoms with E-state index in [9.17, 15) is 0 Å². The van der Waals surface area contributed by atoms with E-state index in [1.807, 2.05) is 41.4 Å². The summed E-state index contributed by atoms with van der Waals surface area (Å²) in [6.45, 7) is 2.12. The number of fused-ring (bicyclic) bond motifs is 1. The van der Waals surface area contributed by atoms with E-state index in [1.54, 1.807) is 19.7 Å². The summed E-state index contributed by atoms with van der Waals surface area (Å²) in [6, 6.07) is 11.8. The van der Waals surface area contributed by atoms with Crippen molar-refractivity contribution in [3.05, 3.63) is 58.6 Å². The van der Waals surface area contributed by atoms with Crippen molar-refractivity contribution in [2.75, 3.05) is 25.0 Å². The van der Waals surface area contributed by atoms with Crippen LogP contribution in [0.5, 0.6) is 11.5 Å². The lowest BCUT2D eigenvalue weighted by atomic mass is 9.94. The Bertz CT molecular complexity index is 1000. The molecule has 0 aliphatic carbocycles. The second kappa shape index (κ2) is 7.47. The Balaban J connectivity index is 1.94. The van der Waals surface area contributed by atoms with Gasteiger partial charge in [0.2, 0.25) is 5.13 Å². The molecule has 1 aliphatic heterocycles. The van der Waals surface area contributed by atoms with Crippen LogP contribution in [-0.2, 0) is 6.42 Å². The Morgan fingerprint density at radius 2 is 1.82 bits per heavy atom. The van der Waals surface area contributed by atoms with E-state index < -0.39 is 0 Å². The molecule has 1 aliphatic rings. The zero-order valence-corrected chi connectivity index (χ0v) is 16.7. The van der Waals surface area contributed by atoms with E-state index in [4.69, 9.17) is 20.3 Å². The summed E-state index contributed by atoms with van der Waals surface area (Å²) in [5.74, 6) is 1.37. The average molecular weight is 395 g/mol. The summed E-state index contributed by atoms with van der Waals surface area (Å²) < 4.78 is 11.1. The minimum atomic E-state index is 0.0936. The second-order valence-corrected chi connectivity index (χ2v) is 7.37. The third-order valence-electron chi connectivity index (χ3n) is 4.73. The van der Waals surface area contributed by atoms with E-state index in [0.29, 0.717) is 17.2 Å². The molecule has 0 bridgehead atoms. The van der Waals surface area contributed by atoms with Gasteiger partial charge < -0.3 is 15.2 Å². The van der Waals surface area contributed by atoms with Crippen molar-refractivity contribution >= 4 is 27.9 Å². The van der Waals surface area contributed by atoms with Gasteiger partial charge in [0.05, 0.1) is 26.0 Å². The molecule has 0 amide bonds. The molecule has 2 aromatic carbocycles. The molecule has 0 radical (unpaired) electrons. The van der Waals surface area contributed by atoms with Gasteiger partial charge >= 0.3 is 0 Å². The third-order valence-corrected chi connectivity index (χ3v) is 5.41. The maximum Gasteiger partial charge on any atom is 0.228 e. The molecule has 1 atom stereocenters. The van der Waals surface area contributed by atoms with Gasteiger partial charge in [-0.25, -0.2) is 5.01 Å². The topological polar surface area (TPSA) is 85.9 Å². The van der Waals surface area contributed by atoms with Gasteiger partial charge in [-0.05, 0) is 43.2 Å². The normalized spacial score (nSPS) is 16.2. The molecular formula is C20H21N5O2S. The van der Waals surface area contributed by atoms with Crippen molar-refractivity contribution in [2.45, 2.75) is 19.4 Å². The van der Waals surface area contributed by atoms with E-state index in [1.165, 1.54) is 11.3 Å². The number of anilines is 2. The van der Waals surface area contributed by atoms with Crippen molar-refractivity contribution in [1.82, 2.24) is 10.2 Å². The number of methoxy groups -OCH3 is 2. The van der Waals surface area contributed by atoms with Crippen LogP contribution in [0.25, 0.3) is 0 Å². The molecule has 0 unspecified atom stereocenters. The number of hydrogen-bond acceptors (Lipinski definition) is 8. The van der Waals surface area contributed by atoms with E-state index in [0.717, 1.165) is 34.0 Å². The van der Waals surface area contributed by atoms with Crippen LogP contribution in [0.1, 0.15) is 23.6 Å². The molecule has 4 rings (SSSR count). The summed E-state index contributed by atoms with van der Waals surface area (Å²) in [5.41, 5.74) is 12.2. The van der Waals surface area contributed by atoms with Crippen molar-refractivity contribution in [3.63, 3.8) is 0 Å². The van der Waals surface area contributed by atoms with Gasteiger partial charge in [0.25, 0.3) is 0 Å². The third kappa shape index (κ3) is 3.27. The fourth-order valence-corrected chi connectivity index (χ4v) is 3.94. The summed E-state index contributed by atoms with van der Waals surface area (Å²) in [5, 5.41) is 15.9. The summed E-state index contributed by atoms with van der Waals surface area (Å²) in [6.07, 6.45) is 0.775. The maximum atomic E-state index is 5.89. The Morgan fingerprint density at radius 3 is 2.46 bits per heavy atom. The van der Waals surface area contributed by atoms with Crippen LogP contribution in [0.15, 0.2) is 47.0 Å². The van der Waals surface area contributed by atoms with Gasteiger partial charge in [-0.1, -0.05) is 23.5 Å². The van der Waals surface area contributed by atoms with E-state index in [-0.39, 0.29) is 6.04 Å². The number of nitrogen functional groups attached to an aromatic ring is 1. The Morgan fingerprint density at radius 1 is 1.11 bits per heavy atom. The molecule has 28 heavy (non-hydrogen) atoms. The molecule has 8 heteroatoms. The van der Waals surface area contributed by atoms with Crippen LogP contribution in [0.4, 0.5) is 10.8 Å². The van der Waals surface area contributed by atoms with Crippen LogP contribution in [0.3, 0.4) is 0 Å². The lowest BCUT2D eigenvalue weighted by Gasteiger charge is -2.21. The predicted molar refractivity (Wildman–Crippen MR) is 112 cm³/mol. The number of benzene rings is 2. The van der Waals surface area contributed by atoms with Crippen molar-refractivity contribution in [3.8, 4) is 11.5 Å². The minimum absolute atomic E-state index is 0.0936. The van der Waals surface area contributed by atoms with Gasteiger partial charge in [-0.3, -0.25) is 0 Å². The standard InChI is InChI=1S/C20H21N5O2S/c1-12-8-14-9-17(26-2)18(27-3)10-16(14)19(13-4-6-15(21)7-5-13)24-25(12)20-23-22-11-28-20/h4-7,9-12H,8,21H2,1-3H3/t12-/m0/s1. The number of hydrazone groups is 1. The molecule has 1 aromatic heterocycles. The highest BCUT2D eigenvalue weighted by atomic mass is 32.1. The highest BCUT2D eigenvalue weighted by Gasteiger charge is 2.27. The number of rotatable bonds is 4. The first-order valence-corrected chi connectivity index (χ1v) is 9.74. The summed E-state index contributed by atoms with van der Waals surface area (Å²) in [7, 11) is 3.28. The molecule has 0 fully saturated rings. The SMILES string of the molecule is COc1cc2c(cc1OC)C(c1ccc(N)cc1)=NN(c1nncs1)[C@@H](C)C2. The Hall–Kier alpha value is -3.13. The van der Waals surface area contributed by atoms with Crippen LogP contribution in [0.2, 0.25) is 0 Å². The molecule has 2 heterocycles. The van der Waals surface area contributed by atoms with Gasteiger partial charge in [0.15, 0.2) is 11.5 Å². The Kier molecular flexibility index (Phi) is 4.87. The summed E-state index contributed by atoms with van der Waals surface area (Å²) >= 11 is 1.46. The first kappa shape index (κ1) is 18.2. The predicted octanol–water partition coefficient (Wildman–Crippen LogP) is 3.34. The van der Waals surface area contributed by atoms with Gasteiger partial charge in [0.1, 0.15) is 5.51 Å². The number of hydrogen-bond donors (Lipinski definition) is 1. The number of aromatic nitrogens is 2. The summed E-state index contributed by atoms with van der Waals surface area (Å²) in [4.78, 5) is 0. The van der Waals surface area contributed by atoms with Crippen molar-refractivity contribution in [2.24, 2.45) is 5.10 Å². The molecule has 0 saturated carbocycles. The minimum Gasteiger partial charge on any atom is -0.493 e.